The minimum absolute atomic E-state index is 0.108. The number of rotatable bonds is 5. The average Bonchev–Trinajstić information content (AvgIpc) is 3.20. The van der Waals surface area contributed by atoms with E-state index in [1.165, 1.54) is 6.08 Å². The van der Waals surface area contributed by atoms with E-state index in [2.05, 4.69) is 34.3 Å². The van der Waals surface area contributed by atoms with Crippen molar-refractivity contribution < 1.29 is 13.2 Å². The lowest BCUT2D eigenvalue weighted by atomic mass is 10.2. The summed E-state index contributed by atoms with van der Waals surface area (Å²) in [7, 11) is -3.20. The Morgan fingerprint density at radius 2 is 2.29 bits per heavy atom. The summed E-state index contributed by atoms with van der Waals surface area (Å²) in [6, 6.07) is 1.15. The molecular formula is C15H19N5O3S. The third kappa shape index (κ3) is 3.56. The maximum absolute atomic E-state index is 12.2. The first-order chi connectivity index (χ1) is 11.3. The van der Waals surface area contributed by atoms with Crippen molar-refractivity contribution in [2.24, 2.45) is 0 Å². The number of H-pyrrole nitrogens is 1. The van der Waals surface area contributed by atoms with Crippen LogP contribution < -0.4 is 5.32 Å². The van der Waals surface area contributed by atoms with Gasteiger partial charge in [0.05, 0.1) is 24.0 Å². The summed E-state index contributed by atoms with van der Waals surface area (Å²) in [5, 5.41) is 10.6. The molecule has 0 aromatic carbocycles. The molecule has 8 nitrogen and oxygen atoms in total. The first-order valence-corrected chi connectivity index (χ1v) is 9.33. The third-order valence-electron chi connectivity index (χ3n) is 3.71. The summed E-state index contributed by atoms with van der Waals surface area (Å²) in [5.41, 5.74) is 1.00. The van der Waals surface area contributed by atoms with Gasteiger partial charge in [0.25, 0.3) is 5.91 Å². The second kappa shape index (κ2) is 6.23. The van der Waals surface area contributed by atoms with E-state index in [0.29, 0.717) is 12.5 Å². The van der Waals surface area contributed by atoms with Crippen LogP contribution in [0.4, 0.5) is 0 Å². The van der Waals surface area contributed by atoms with Crippen LogP contribution in [0.5, 0.6) is 0 Å². The van der Waals surface area contributed by atoms with E-state index < -0.39 is 21.8 Å². The molecule has 0 saturated heterocycles. The van der Waals surface area contributed by atoms with E-state index in [1.54, 1.807) is 12.3 Å². The Morgan fingerprint density at radius 3 is 2.96 bits per heavy atom. The van der Waals surface area contributed by atoms with Crippen LogP contribution in [-0.4, -0.2) is 45.9 Å². The summed E-state index contributed by atoms with van der Waals surface area (Å²) in [6.07, 6.45) is 5.09. The number of amides is 1. The number of aromatic nitrogens is 4. The van der Waals surface area contributed by atoms with E-state index in [1.807, 2.05) is 10.8 Å². The summed E-state index contributed by atoms with van der Waals surface area (Å²) in [4.78, 5) is 16.5. The summed E-state index contributed by atoms with van der Waals surface area (Å²) in [6.45, 7) is 4.66. The van der Waals surface area contributed by atoms with Crippen molar-refractivity contribution >= 4 is 15.7 Å². The van der Waals surface area contributed by atoms with Crippen molar-refractivity contribution in [1.29, 1.82) is 0 Å². The minimum atomic E-state index is -3.20. The van der Waals surface area contributed by atoms with Crippen LogP contribution in [0.15, 0.2) is 29.9 Å². The Balaban J connectivity index is 1.66. The van der Waals surface area contributed by atoms with E-state index >= 15 is 0 Å². The summed E-state index contributed by atoms with van der Waals surface area (Å²) < 4.78 is 24.7. The van der Waals surface area contributed by atoms with Gasteiger partial charge in [-0.3, -0.25) is 9.89 Å². The van der Waals surface area contributed by atoms with Crippen molar-refractivity contribution in [1.82, 2.24) is 25.1 Å². The molecule has 1 aliphatic heterocycles. The van der Waals surface area contributed by atoms with Crippen LogP contribution in [0, 0.1) is 0 Å². The van der Waals surface area contributed by atoms with Crippen LogP contribution in [0.2, 0.25) is 0 Å². The SMILES string of the molecule is CC(C)c1nccn1Cc1cc(C(=O)N[C@@H]2C=CS(=O)(=O)C2)n[nH]1. The second-order valence-electron chi connectivity index (χ2n) is 6.08. The van der Waals surface area contributed by atoms with Crippen molar-refractivity contribution in [2.45, 2.75) is 32.4 Å². The number of aromatic amines is 1. The van der Waals surface area contributed by atoms with Gasteiger partial charge in [-0.2, -0.15) is 5.10 Å². The quantitative estimate of drug-likeness (QED) is 0.830. The lowest BCUT2D eigenvalue weighted by Crippen LogP contribution is -2.35. The summed E-state index contributed by atoms with van der Waals surface area (Å²) >= 11 is 0. The molecule has 0 unspecified atom stereocenters. The molecule has 9 heteroatoms. The second-order valence-corrected chi connectivity index (χ2v) is 8.02. The van der Waals surface area contributed by atoms with Crippen molar-refractivity contribution in [3.63, 3.8) is 0 Å². The molecule has 2 N–H and O–H groups in total. The molecule has 128 valence electrons. The highest BCUT2D eigenvalue weighted by molar-refractivity contribution is 7.94. The molecule has 2 aromatic rings. The number of sulfone groups is 1. The van der Waals surface area contributed by atoms with Crippen LogP contribution >= 0.6 is 0 Å². The number of imidazole rings is 1. The lowest BCUT2D eigenvalue weighted by Gasteiger charge is -2.08. The number of nitrogens with zero attached hydrogens (tertiary/aromatic N) is 3. The monoisotopic (exact) mass is 349 g/mol. The molecule has 0 aliphatic carbocycles. The van der Waals surface area contributed by atoms with Gasteiger partial charge in [-0.05, 0) is 12.1 Å². The van der Waals surface area contributed by atoms with Gasteiger partial charge in [-0.25, -0.2) is 13.4 Å². The number of carbonyl (C=O) groups is 1. The first-order valence-electron chi connectivity index (χ1n) is 7.61. The Morgan fingerprint density at radius 1 is 1.50 bits per heavy atom. The largest absolute Gasteiger partial charge is 0.343 e. The lowest BCUT2D eigenvalue weighted by molar-refractivity contribution is 0.0942. The van der Waals surface area contributed by atoms with Crippen molar-refractivity contribution in [3.8, 4) is 0 Å². The Bertz CT molecular complexity index is 879. The predicted molar refractivity (Wildman–Crippen MR) is 88.2 cm³/mol. The number of carbonyl (C=O) groups excluding carboxylic acids is 1. The molecule has 3 rings (SSSR count). The van der Waals surface area contributed by atoms with Gasteiger partial charge in [0.1, 0.15) is 11.5 Å². The smallest absolute Gasteiger partial charge is 0.272 e. The molecule has 1 atom stereocenters. The van der Waals surface area contributed by atoms with Gasteiger partial charge in [-0.1, -0.05) is 13.8 Å². The number of nitrogens with one attached hydrogen (secondary N) is 2. The van der Waals surface area contributed by atoms with E-state index in [0.717, 1.165) is 16.9 Å². The molecule has 1 amide bonds. The molecule has 0 spiro atoms. The van der Waals surface area contributed by atoms with E-state index in [4.69, 9.17) is 0 Å². The van der Waals surface area contributed by atoms with Crippen LogP contribution in [0.3, 0.4) is 0 Å². The van der Waals surface area contributed by atoms with Gasteiger partial charge < -0.3 is 9.88 Å². The van der Waals surface area contributed by atoms with Gasteiger partial charge in [0.15, 0.2) is 9.84 Å². The van der Waals surface area contributed by atoms with Gasteiger partial charge in [0.2, 0.25) is 0 Å². The molecule has 0 bridgehead atoms. The molecular weight excluding hydrogens is 330 g/mol. The highest BCUT2D eigenvalue weighted by Gasteiger charge is 2.24. The molecule has 3 heterocycles. The van der Waals surface area contributed by atoms with Crippen LogP contribution in [0.1, 0.15) is 41.8 Å². The normalized spacial score (nSPS) is 19.0. The van der Waals surface area contributed by atoms with Crippen molar-refractivity contribution in [3.05, 3.63) is 47.2 Å². The molecule has 1 aliphatic rings. The maximum atomic E-state index is 12.2. The zero-order valence-electron chi connectivity index (χ0n) is 13.4. The van der Waals surface area contributed by atoms with Gasteiger partial charge >= 0.3 is 0 Å². The molecule has 2 aromatic heterocycles. The zero-order chi connectivity index (χ0) is 17.3. The number of hydrogen-bond acceptors (Lipinski definition) is 5. The highest BCUT2D eigenvalue weighted by atomic mass is 32.2. The Labute approximate surface area is 139 Å². The van der Waals surface area contributed by atoms with Crippen LogP contribution in [0.25, 0.3) is 0 Å². The minimum Gasteiger partial charge on any atom is -0.343 e. The van der Waals surface area contributed by atoms with E-state index in [-0.39, 0.29) is 11.4 Å². The van der Waals surface area contributed by atoms with Crippen LogP contribution in [-0.2, 0) is 16.4 Å². The third-order valence-corrected chi connectivity index (χ3v) is 5.11. The van der Waals surface area contributed by atoms with Crippen molar-refractivity contribution in [2.75, 3.05) is 5.75 Å². The fourth-order valence-corrected chi connectivity index (χ4v) is 3.84. The first kappa shape index (κ1) is 16.4. The standard InChI is InChI=1S/C15H19N5O3S/c1-10(2)14-16-4-5-20(14)8-12-7-13(19-18-12)15(21)17-11-3-6-24(22,23)9-11/h3-7,10-11H,8-9H2,1-2H3,(H,17,21)(H,18,19)/t11-/m1/s1. The fourth-order valence-electron chi connectivity index (χ4n) is 2.61. The summed E-state index contributed by atoms with van der Waals surface area (Å²) in [5.74, 6) is 0.737. The molecule has 0 fully saturated rings. The predicted octanol–water partition coefficient (Wildman–Crippen LogP) is 0.818. The maximum Gasteiger partial charge on any atom is 0.272 e. The molecule has 0 radical (unpaired) electrons. The fraction of sp³-hybridized carbons (Fsp3) is 0.400. The Kier molecular flexibility index (Phi) is 4.27. The Hall–Kier alpha value is -2.42. The number of hydrogen-bond donors (Lipinski definition) is 2. The van der Waals surface area contributed by atoms with Gasteiger partial charge in [0, 0.05) is 23.7 Å². The van der Waals surface area contributed by atoms with E-state index in [9.17, 15) is 13.2 Å². The average molecular weight is 349 g/mol. The zero-order valence-corrected chi connectivity index (χ0v) is 14.2. The topological polar surface area (TPSA) is 110 Å². The van der Waals surface area contributed by atoms with Gasteiger partial charge in [-0.15, -0.1) is 0 Å². The molecule has 24 heavy (non-hydrogen) atoms. The molecule has 0 saturated carbocycles. The highest BCUT2D eigenvalue weighted by Crippen LogP contribution is 2.14.